The maximum absolute atomic E-state index is 12.1. The van der Waals surface area contributed by atoms with Gasteiger partial charge in [-0.05, 0) is 23.8 Å². The van der Waals surface area contributed by atoms with Crippen molar-refractivity contribution < 1.29 is 17.9 Å². The summed E-state index contributed by atoms with van der Waals surface area (Å²) in [7, 11) is 0. The lowest BCUT2D eigenvalue weighted by Gasteiger charge is -2.10. The molecule has 2 N–H and O–H groups in total. The number of pyridine rings is 1. The molecule has 0 aliphatic carbocycles. The largest absolute Gasteiger partial charge is 0.573 e. The number of ether oxygens (including phenoxy) is 1. The fourth-order valence-corrected chi connectivity index (χ4v) is 1.53. The molecule has 0 radical (unpaired) electrons. The van der Waals surface area contributed by atoms with Gasteiger partial charge in [0.25, 0.3) is 0 Å². The Hall–Kier alpha value is -2.24. The number of nitrogens with zero attached hydrogens (tertiary/aromatic N) is 1. The topological polar surface area (TPSA) is 48.1 Å². The Balaban J connectivity index is 2.36. The molecule has 0 saturated carbocycles. The predicted octanol–water partition coefficient (Wildman–Crippen LogP) is 3.23. The summed E-state index contributed by atoms with van der Waals surface area (Å²) >= 11 is 0. The lowest BCUT2D eigenvalue weighted by atomic mass is 10.1. The second-order valence-corrected chi connectivity index (χ2v) is 3.54. The molecule has 0 bridgehead atoms. The van der Waals surface area contributed by atoms with Crippen LogP contribution < -0.4 is 10.5 Å². The normalized spacial score (nSPS) is 11.3. The minimum atomic E-state index is -4.71. The smallest absolute Gasteiger partial charge is 0.406 e. The van der Waals surface area contributed by atoms with Crippen LogP contribution in [0.15, 0.2) is 42.7 Å². The standard InChI is InChI=1S/C12H9F3N2O/c13-12(14,15)18-9-3-1-2-8(6-9)10-4-5-17-7-11(10)16/h1-7H,16H2. The third-order valence-electron chi connectivity index (χ3n) is 2.23. The van der Waals surface area contributed by atoms with E-state index < -0.39 is 6.36 Å². The molecule has 1 aromatic heterocycles. The van der Waals surface area contributed by atoms with E-state index in [0.717, 1.165) is 0 Å². The Morgan fingerprint density at radius 2 is 1.94 bits per heavy atom. The van der Waals surface area contributed by atoms with Crippen LogP contribution in [0.3, 0.4) is 0 Å². The third kappa shape index (κ3) is 2.91. The Morgan fingerprint density at radius 1 is 1.17 bits per heavy atom. The van der Waals surface area contributed by atoms with Gasteiger partial charge in [-0.1, -0.05) is 12.1 Å². The van der Waals surface area contributed by atoms with Gasteiger partial charge in [-0.15, -0.1) is 13.2 Å². The minimum absolute atomic E-state index is 0.281. The molecule has 2 aromatic rings. The van der Waals surface area contributed by atoms with Crippen LogP contribution in [-0.4, -0.2) is 11.3 Å². The maximum atomic E-state index is 12.1. The third-order valence-corrected chi connectivity index (χ3v) is 2.23. The van der Waals surface area contributed by atoms with E-state index in [1.54, 1.807) is 12.1 Å². The fourth-order valence-electron chi connectivity index (χ4n) is 1.53. The highest BCUT2D eigenvalue weighted by atomic mass is 19.4. The minimum Gasteiger partial charge on any atom is -0.406 e. The monoisotopic (exact) mass is 254 g/mol. The van der Waals surface area contributed by atoms with Crippen LogP contribution in [0, 0.1) is 0 Å². The van der Waals surface area contributed by atoms with E-state index in [1.807, 2.05) is 0 Å². The molecule has 18 heavy (non-hydrogen) atoms. The molecule has 0 atom stereocenters. The number of benzene rings is 1. The van der Waals surface area contributed by atoms with Gasteiger partial charge in [0, 0.05) is 11.8 Å². The highest BCUT2D eigenvalue weighted by Crippen LogP contribution is 2.30. The highest BCUT2D eigenvalue weighted by Gasteiger charge is 2.31. The average molecular weight is 254 g/mol. The van der Waals surface area contributed by atoms with Crippen LogP contribution in [0.2, 0.25) is 0 Å². The van der Waals surface area contributed by atoms with Crippen molar-refractivity contribution in [2.75, 3.05) is 5.73 Å². The van der Waals surface area contributed by atoms with Gasteiger partial charge < -0.3 is 10.5 Å². The zero-order chi connectivity index (χ0) is 13.2. The summed E-state index contributed by atoms with van der Waals surface area (Å²) in [6.07, 6.45) is -1.75. The first-order valence-electron chi connectivity index (χ1n) is 5.01. The lowest BCUT2D eigenvalue weighted by molar-refractivity contribution is -0.274. The Labute approximate surface area is 101 Å². The van der Waals surface area contributed by atoms with Crippen molar-refractivity contribution >= 4 is 5.69 Å². The molecule has 0 fully saturated rings. The second-order valence-electron chi connectivity index (χ2n) is 3.54. The van der Waals surface area contributed by atoms with E-state index >= 15 is 0 Å². The van der Waals surface area contributed by atoms with E-state index in [9.17, 15) is 13.2 Å². The van der Waals surface area contributed by atoms with Crippen molar-refractivity contribution in [1.82, 2.24) is 4.98 Å². The molecule has 1 aromatic carbocycles. The number of nitrogens with two attached hydrogens (primary N) is 1. The number of aromatic nitrogens is 1. The number of hydrogen-bond acceptors (Lipinski definition) is 3. The first-order chi connectivity index (χ1) is 8.46. The molecule has 1 heterocycles. The summed E-state index contributed by atoms with van der Waals surface area (Å²) in [5.41, 5.74) is 7.24. The molecular formula is C12H9F3N2O. The van der Waals surface area contributed by atoms with Gasteiger partial charge >= 0.3 is 6.36 Å². The van der Waals surface area contributed by atoms with Crippen LogP contribution in [0.5, 0.6) is 5.75 Å². The van der Waals surface area contributed by atoms with Gasteiger partial charge in [-0.2, -0.15) is 0 Å². The van der Waals surface area contributed by atoms with Crippen molar-refractivity contribution in [2.45, 2.75) is 6.36 Å². The molecule has 0 unspecified atom stereocenters. The number of anilines is 1. The van der Waals surface area contributed by atoms with Gasteiger partial charge in [0.2, 0.25) is 0 Å². The maximum Gasteiger partial charge on any atom is 0.573 e. The van der Waals surface area contributed by atoms with E-state index in [0.29, 0.717) is 16.8 Å². The van der Waals surface area contributed by atoms with Crippen molar-refractivity contribution in [1.29, 1.82) is 0 Å². The number of rotatable bonds is 2. The average Bonchev–Trinajstić information content (AvgIpc) is 2.27. The summed E-state index contributed by atoms with van der Waals surface area (Å²) < 4.78 is 40.1. The Kier molecular flexibility index (Phi) is 3.10. The number of halogens is 3. The molecular weight excluding hydrogens is 245 g/mol. The number of nitrogen functional groups attached to an aromatic ring is 1. The zero-order valence-corrected chi connectivity index (χ0v) is 9.11. The SMILES string of the molecule is Nc1cnccc1-c1cccc(OC(F)(F)F)c1. The van der Waals surface area contributed by atoms with E-state index in [2.05, 4.69) is 9.72 Å². The fraction of sp³-hybridized carbons (Fsp3) is 0.0833. The summed E-state index contributed by atoms with van der Waals surface area (Å²) in [6.45, 7) is 0. The van der Waals surface area contributed by atoms with Crippen molar-refractivity contribution in [3.05, 3.63) is 42.7 Å². The molecule has 6 heteroatoms. The van der Waals surface area contributed by atoms with Gasteiger partial charge in [0.15, 0.2) is 0 Å². The Bertz CT molecular complexity index is 555. The molecule has 0 saturated heterocycles. The first kappa shape index (κ1) is 12.2. The van der Waals surface area contributed by atoms with Gasteiger partial charge in [0.05, 0.1) is 11.9 Å². The van der Waals surface area contributed by atoms with Crippen LogP contribution in [-0.2, 0) is 0 Å². The molecule has 94 valence electrons. The van der Waals surface area contributed by atoms with Crippen molar-refractivity contribution in [3.8, 4) is 16.9 Å². The summed E-state index contributed by atoms with van der Waals surface area (Å²) in [5, 5.41) is 0. The zero-order valence-electron chi connectivity index (χ0n) is 9.11. The van der Waals surface area contributed by atoms with Crippen LogP contribution in [0.1, 0.15) is 0 Å². The van der Waals surface area contributed by atoms with Crippen LogP contribution in [0.4, 0.5) is 18.9 Å². The van der Waals surface area contributed by atoms with Gasteiger partial charge in [-0.3, -0.25) is 4.98 Å². The van der Waals surface area contributed by atoms with Crippen LogP contribution >= 0.6 is 0 Å². The van der Waals surface area contributed by atoms with E-state index in [-0.39, 0.29) is 5.75 Å². The number of hydrogen-bond donors (Lipinski definition) is 1. The van der Waals surface area contributed by atoms with Crippen molar-refractivity contribution in [2.24, 2.45) is 0 Å². The van der Waals surface area contributed by atoms with Gasteiger partial charge in [0.1, 0.15) is 5.75 Å². The molecule has 0 aliphatic rings. The molecule has 0 spiro atoms. The van der Waals surface area contributed by atoms with E-state index in [1.165, 1.54) is 30.6 Å². The van der Waals surface area contributed by atoms with Crippen molar-refractivity contribution in [3.63, 3.8) is 0 Å². The molecule has 0 amide bonds. The summed E-state index contributed by atoms with van der Waals surface area (Å²) in [6, 6.07) is 7.25. The summed E-state index contributed by atoms with van der Waals surface area (Å²) in [4.78, 5) is 3.82. The Morgan fingerprint density at radius 3 is 2.61 bits per heavy atom. The summed E-state index contributed by atoms with van der Waals surface area (Å²) in [5.74, 6) is -0.281. The number of alkyl halides is 3. The lowest BCUT2D eigenvalue weighted by Crippen LogP contribution is -2.17. The van der Waals surface area contributed by atoms with Crippen LogP contribution in [0.25, 0.3) is 11.1 Å². The second kappa shape index (κ2) is 4.56. The van der Waals surface area contributed by atoms with E-state index in [4.69, 9.17) is 5.73 Å². The quantitative estimate of drug-likeness (QED) is 0.895. The van der Waals surface area contributed by atoms with Gasteiger partial charge in [-0.25, -0.2) is 0 Å². The molecule has 2 rings (SSSR count). The predicted molar refractivity (Wildman–Crippen MR) is 60.8 cm³/mol. The first-order valence-corrected chi connectivity index (χ1v) is 5.01. The molecule has 3 nitrogen and oxygen atoms in total. The molecule has 0 aliphatic heterocycles. The highest BCUT2D eigenvalue weighted by molar-refractivity contribution is 5.76.